The maximum atomic E-state index is 12.0. The second kappa shape index (κ2) is 11.1. The zero-order valence-electron chi connectivity index (χ0n) is 15.0. The highest BCUT2D eigenvalue weighted by atomic mass is 35.5. The van der Waals surface area contributed by atoms with Gasteiger partial charge in [-0.1, -0.05) is 37.0 Å². The molecule has 0 aliphatic heterocycles. The zero-order valence-corrected chi connectivity index (χ0v) is 16.5. The maximum Gasteiger partial charge on any atom is 0.475 e. The van der Waals surface area contributed by atoms with E-state index < -0.39 is 30.8 Å². The molecule has 0 aliphatic rings. The Morgan fingerprint density at radius 2 is 1.70 bits per heavy atom. The first-order chi connectivity index (χ1) is 12.6. The predicted octanol–water partition coefficient (Wildman–Crippen LogP) is 0.382. The molecular weight excluding hydrogens is 396 g/mol. The van der Waals surface area contributed by atoms with Gasteiger partial charge in [-0.2, -0.15) is 0 Å². The van der Waals surface area contributed by atoms with Gasteiger partial charge in [0.05, 0.1) is 29.6 Å². The van der Waals surface area contributed by atoms with Gasteiger partial charge in [0.2, 0.25) is 11.8 Å². The van der Waals surface area contributed by atoms with Gasteiger partial charge >= 0.3 is 7.12 Å². The average Bonchev–Trinajstić information content (AvgIpc) is 2.58. The van der Waals surface area contributed by atoms with E-state index in [1.165, 1.54) is 18.2 Å². The quantitative estimate of drug-likeness (QED) is 0.371. The predicted molar refractivity (Wildman–Crippen MR) is 103 cm³/mol. The highest BCUT2D eigenvalue weighted by molar-refractivity contribution is 6.43. The van der Waals surface area contributed by atoms with E-state index in [1.807, 2.05) is 13.8 Å². The Hall–Kier alpha value is -1.81. The zero-order chi connectivity index (χ0) is 20.6. The Balaban J connectivity index is 2.43. The van der Waals surface area contributed by atoms with Crippen molar-refractivity contribution in [2.45, 2.75) is 26.2 Å². The highest BCUT2D eigenvalue weighted by Crippen LogP contribution is 2.20. The molecule has 8 nitrogen and oxygen atoms in total. The van der Waals surface area contributed by atoms with Crippen LogP contribution in [-0.2, 0) is 9.59 Å². The third-order valence-electron chi connectivity index (χ3n) is 3.46. The van der Waals surface area contributed by atoms with E-state index in [-0.39, 0.29) is 29.6 Å². The Morgan fingerprint density at radius 1 is 1.07 bits per heavy atom. The highest BCUT2D eigenvalue weighted by Gasteiger charge is 2.26. The van der Waals surface area contributed by atoms with Gasteiger partial charge in [-0.15, -0.1) is 0 Å². The molecule has 0 spiro atoms. The van der Waals surface area contributed by atoms with Gasteiger partial charge in [0, 0.05) is 5.02 Å². The Kier molecular flexibility index (Phi) is 9.58. The molecule has 11 heteroatoms. The number of hydrogen-bond donors (Lipinski definition) is 5. The lowest BCUT2D eigenvalue weighted by Crippen LogP contribution is -2.50. The van der Waals surface area contributed by atoms with Crippen LogP contribution in [-0.4, -0.2) is 53.9 Å². The van der Waals surface area contributed by atoms with Crippen molar-refractivity contribution in [2.24, 2.45) is 5.92 Å². The first-order valence-electron chi connectivity index (χ1n) is 8.25. The van der Waals surface area contributed by atoms with E-state index >= 15 is 0 Å². The van der Waals surface area contributed by atoms with Crippen LogP contribution in [0.1, 0.15) is 30.6 Å². The molecule has 0 unspecified atom stereocenters. The van der Waals surface area contributed by atoms with E-state index in [9.17, 15) is 24.4 Å². The van der Waals surface area contributed by atoms with Crippen LogP contribution in [0.5, 0.6) is 0 Å². The molecule has 0 radical (unpaired) electrons. The molecule has 0 aromatic heterocycles. The van der Waals surface area contributed by atoms with E-state index in [1.54, 1.807) is 0 Å². The average molecular weight is 418 g/mol. The van der Waals surface area contributed by atoms with Gasteiger partial charge in [-0.3, -0.25) is 14.4 Å². The molecule has 0 fully saturated rings. The van der Waals surface area contributed by atoms with Gasteiger partial charge in [-0.05, 0) is 30.5 Å². The summed E-state index contributed by atoms with van der Waals surface area (Å²) in [5.41, 5.74) is 0.128. The van der Waals surface area contributed by atoms with Gasteiger partial charge in [-0.25, -0.2) is 0 Å². The normalized spacial score (nSPS) is 11.7. The van der Waals surface area contributed by atoms with Crippen LogP contribution in [0.4, 0.5) is 0 Å². The SMILES string of the molecule is CC(C)C[C@H](NC(=O)CNC(=O)CNC(=O)c1cc(Cl)ccc1Cl)B(O)O. The molecule has 1 aromatic carbocycles. The van der Waals surface area contributed by atoms with Crippen molar-refractivity contribution in [1.82, 2.24) is 16.0 Å². The fourth-order valence-electron chi connectivity index (χ4n) is 2.19. The standard InChI is InChI=1S/C16H22BCl2N3O5/c1-9(2)5-13(17(26)27)22-15(24)8-20-14(23)7-21-16(25)11-6-10(18)3-4-12(11)19/h3-4,6,9,13,26-27H,5,7-8H2,1-2H3,(H,20,23)(H,21,25)(H,22,24)/t13-/m0/s1. The maximum absolute atomic E-state index is 12.0. The molecular formula is C16H22BCl2N3O5. The summed E-state index contributed by atoms with van der Waals surface area (Å²) in [6.45, 7) is 3.01. The second-order valence-electron chi connectivity index (χ2n) is 6.30. The largest absolute Gasteiger partial charge is 0.475 e. The van der Waals surface area contributed by atoms with Crippen molar-refractivity contribution in [3.05, 3.63) is 33.8 Å². The van der Waals surface area contributed by atoms with Crippen molar-refractivity contribution < 1.29 is 24.4 Å². The summed E-state index contributed by atoms with van der Waals surface area (Å²) < 4.78 is 0. The number of rotatable bonds is 9. The van der Waals surface area contributed by atoms with E-state index in [2.05, 4.69) is 16.0 Å². The molecule has 0 aliphatic carbocycles. The molecule has 1 aromatic rings. The summed E-state index contributed by atoms with van der Waals surface area (Å²) in [5, 5.41) is 26.2. The summed E-state index contributed by atoms with van der Waals surface area (Å²) >= 11 is 11.7. The number of benzene rings is 1. The first kappa shape index (κ1) is 23.2. The van der Waals surface area contributed by atoms with E-state index in [0.717, 1.165) is 0 Å². The molecule has 3 amide bonds. The van der Waals surface area contributed by atoms with Crippen LogP contribution >= 0.6 is 23.2 Å². The van der Waals surface area contributed by atoms with E-state index in [4.69, 9.17) is 23.2 Å². The summed E-state index contributed by atoms with van der Waals surface area (Å²) in [5.74, 6) is -2.45. The van der Waals surface area contributed by atoms with Crippen LogP contribution in [0.25, 0.3) is 0 Å². The molecule has 148 valence electrons. The summed E-state index contributed by atoms with van der Waals surface area (Å²) in [7, 11) is -1.70. The minimum atomic E-state index is -1.70. The lowest BCUT2D eigenvalue weighted by atomic mass is 9.75. The fourth-order valence-corrected chi connectivity index (χ4v) is 2.56. The topological polar surface area (TPSA) is 128 Å². The van der Waals surface area contributed by atoms with Crippen LogP contribution in [0, 0.1) is 5.92 Å². The van der Waals surface area contributed by atoms with Crippen molar-refractivity contribution in [1.29, 1.82) is 0 Å². The van der Waals surface area contributed by atoms with Crippen LogP contribution in [0.2, 0.25) is 10.0 Å². The first-order valence-corrected chi connectivity index (χ1v) is 9.01. The van der Waals surface area contributed by atoms with Gasteiger partial charge in [0.1, 0.15) is 0 Å². The molecule has 0 heterocycles. The van der Waals surface area contributed by atoms with Crippen molar-refractivity contribution in [3.8, 4) is 0 Å². The molecule has 1 atom stereocenters. The van der Waals surface area contributed by atoms with E-state index in [0.29, 0.717) is 11.4 Å². The number of nitrogens with one attached hydrogen (secondary N) is 3. The van der Waals surface area contributed by atoms with Crippen molar-refractivity contribution in [2.75, 3.05) is 13.1 Å². The lowest BCUT2D eigenvalue weighted by Gasteiger charge is -2.19. The number of amides is 3. The number of hydrogen-bond acceptors (Lipinski definition) is 5. The van der Waals surface area contributed by atoms with Gasteiger partial charge in [0.15, 0.2) is 0 Å². The third-order valence-corrected chi connectivity index (χ3v) is 4.02. The number of carbonyl (C=O) groups excluding carboxylic acids is 3. The van der Waals surface area contributed by atoms with Crippen molar-refractivity contribution >= 4 is 48.0 Å². The van der Waals surface area contributed by atoms with Crippen LogP contribution in [0.3, 0.4) is 0 Å². The third kappa shape index (κ3) is 8.62. The number of carbonyl (C=O) groups is 3. The molecule has 0 saturated heterocycles. The van der Waals surface area contributed by atoms with Gasteiger partial charge in [0.25, 0.3) is 5.91 Å². The Morgan fingerprint density at radius 3 is 2.30 bits per heavy atom. The van der Waals surface area contributed by atoms with Crippen molar-refractivity contribution in [3.63, 3.8) is 0 Å². The Labute approximate surface area is 167 Å². The summed E-state index contributed by atoms with van der Waals surface area (Å²) in [6, 6.07) is 4.37. The monoisotopic (exact) mass is 417 g/mol. The molecule has 5 N–H and O–H groups in total. The van der Waals surface area contributed by atoms with Crippen LogP contribution in [0.15, 0.2) is 18.2 Å². The molecule has 1 rings (SSSR count). The fraction of sp³-hybridized carbons (Fsp3) is 0.438. The lowest BCUT2D eigenvalue weighted by molar-refractivity contribution is -0.125. The minimum Gasteiger partial charge on any atom is -0.426 e. The number of halogens is 2. The van der Waals surface area contributed by atoms with Crippen LogP contribution < -0.4 is 16.0 Å². The summed E-state index contributed by atoms with van der Waals surface area (Å²) in [4.78, 5) is 35.6. The molecule has 0 bridgehead atoms. The molecule has 27 heavy (non-hydrogen) atoms. The second-order valence-corrected chi connectivity index (χ2v) is 7.14. The van der Waals surface area contributed by atoms with Gasteiger partial charge < -0.3 is 26.0 Å². The summed E-state index contributed by atoms with van der Waals surface area (Å²) in [6.07, 6.45) is 0.369. The Bertz CT molecular complexity index is 688. The smallest absolute Gasteiger partial charge is 0.426 e. The minimum absolute atomic E-state index is 0.128. The molecule has 0 saturated carbocycles.